The molecule has 0 radical (unpaired) electrons. The molecule has 0 saturated carbocycles. The molecule has 0 aliphatic carbocycles. The van der Waals surface area contributed by atoms with Crippen LogP contribution in [0, 0.1) is 11.3 Å². The Kier molecular flexibility index (Phi) is 7.75. The van der Waals surface area contributed by atoms with E-state index in [1.165, 1.54) is 0 Å². The molecule has 0 saturated heterocycles. The van der Waals surface area contributed by atoms with Crippen LogP contribution in [0.2, 0.25) is 0 Å². The largest absolute Gasteiger partial charge is 0.505 e. The number of nitrogens with one attached hydrogen (secondary N) is 1. The number of para-hydroxylation sites is 1. The molecule has 8 nitrogen and oxygen atoms in total. The van der Waals surface area contributed by atoms with Crippen molar-refractivity contribution in [3.05, 3.63) is 95.8 Å². The van der Waals surface area contributed by atoms with Gasteiger partial charge >= 0.3 is 0 Å². The number of carbonyl (C=O) groups excluding carboxylic acids is 1. The maximum absolute atomic E-state index is 13.1. The lowest BCUT2D eigenvalue weighted by Crippen LogP contribution is -2.38. The predicted molar refractivity (Wildman–Crippen MR) is 133 cm³/mol. The zero-order chi connectivity index (χ0) is 25.5. The molecule has 0 aliphatic heterocycles. The Balaban J connectivity index is 1.58. The summed E-state index contributed by atoms with van der Waals surface area (Å²) in [4.78, 5) is 17.2. The van der Waals surface area contributed by atoms with Crippen LogP contribution in [0.3, 0.4) is 0 Å². The van der Waals surface area contributed by atoms with Gasteiger partial charge in [-0.3, -0.25) is 4.79 Å². The van der Waals surface area contributed by atoms with Crippen molar-refractivity contribution in [3.63, 3.8) is 0 Å². The number of ether oxygens (including phenoxy) is 1. The smallest absolute Gasteiger partial charge is 0.274 e. The minimum Gasteiger partial charge on any atom is -0.505 e. The van der Waals surface area contributed by atoms with Crippen LogP contribution in [0.1, 0.15) is 34.6 Å². The average molecular weight is 484 g/mol. The highest BCUT2D eigenvalue weighted by Gasteiger charge is 2.23. The number of hydrogen-bond acceptors (Lipinski definition) is 7. The molecule has 1 aromatic heterocycles. The Bertz CT molecular complexity index is 1390. The van der Waals surface area contributed by atoms with E-state index in [2.05, 4.69) is 10.3 Å². The Morgan fingerprint density at radius 1 is 0.972 bits per heavy atom. The van der Waals surface area contributed by atoms with Crippen molar-refractivity contribution in [1.29, 1.82) is 5.26 Å². The van der Waals surface area contributed by atoms with Crippen LogP contribution >= 0.6 is 0 Å². The lowest BCUT2D eigenvalue weighted by atomic mass is 10.0. The van der Waals surface area contributed by atoms with Crippen molar-refractivity contribution in [2.24, 2.45) is 0 Å². The molecule has 0 unspecified atom stereocenters. The van der Waals surface area contributed by atoms with Crippen molar-refractivity contribution in [1.82, 2.24) is 10.3 Å². The van der Waals surface area contributed by atoms with Crippen LogP contribution in [-0.2, 0) is 6.42 Å². The van der Waals surface area contributed by atoms with Gasteiger partial charge in [-0.25, -0.2) is 4.98 Å². The molecular formula is C28H25N3O5. The Labute approximate surface area is 208 Å². The first-order valence-electron chi connectivity index (χ1n) is 11.4. The second-order valence-electron chi connectivity index (χ2n) is 8.30. The lowest BCUT2D eigenvalue weighted by Gasteiger charge is -2.20. The lowest BCUT2D eigenvalue weighted by molar-refractivity contribution is -0.0513. The molecule has 1 atom stereocenters. The number of hydrogen-bond donors (Lipinski definition) is 4. The molecule has 8 heteroatoms. The summed E-state index contributed by atoms with van der Waals surface area (Å²) in [5, 5.41) is 42.9. The van der Waals surface area contributed by atoms with Crippen LogP contribution in [-0.4, -0.2) is 38.5 Å². The highest BCUT2D eigenvalue weighted by Crippen LogP contribution is 2.33. The molecule has 0 bridgehead atoms. The fourth-order valence-electron chi connectivity index (χ4n) is 3.95. The molecule has 4 rings (SSSR count). The van der Waals surface area contributed by atoms with Crippen LogP contribution in [0.15, 0.2) is 78.9 Å². The van der Waals surface area contributed by atoms with Crippen molar-refractivity contribution >= 4 is 16.7 Å². The monoisotopic (exact) mass is 483 g/mol. The molecule has 36 heavy (non-hydrogen) atoms. The maximum atomic E-state index is 13.1. The Morgan fingerprint density at radius 2 is 1.67 bits per heavy atom. The van der Waals surface area contributed by atoms with Gasteiger partial charge in [0.05, 0.1) is 0 Å². The first kappa shape index (κ1) is 24.7. The van der Waals surface area contributed by atoms with Gasteiger partial charge in [0, 0.05) is 23.2 Å². The van der Waals surface area contributed by atoms with Gasteiger partial charge in [-0.15, -0.1) is 0 Å². The fourth-order valence-corrected chi connectivity index (χ4v) is 3.95. The number of benzene rings is 3. The molecule has 0 spiro atoms. The SMILES string of the molecule is N#Cc1nc(C(=O)N[C@H](CCc2ccccc2)CC(O)O)c(O)c2ccc(Oc3ccccc3)cc12. The summed E-state index contributed by atoms with van der Waals surface area (Å²) < 4.78 is 5.81. The number of nitrogens with zero attached hydrogens (tertiary/aromatic N) is 2. The quantitative estimate of drug-likeness (QED) is 0.264. The van der Waals surface area contributed by atoms with Crippen molar-refractivity contribution < 1.29 is 24.9 Å². The van der Waals surface area contributed by atoms with Crippen LogP contribution in [0.5, 0.6) is 17.2 Å². The van der Waals surface area contributed by atoms with E-state index in [-0.39, 0.29) is 28.9 Å². The molecule has 0 fully saturated rings. The fraction of sp³-hybridized carbons (Fsp3) is 0.179. The highest BCUT2D eigenvalue weighted by molar-refractivity contribution is 6.03. The molecule has 1 heterocycles. The second kappa shape index (κ2) is 11.3. The summed E-state index contributed by atoms with van der Waals surface area (Å²) in [6, 6.07) is 24.9. The Hall–Kier alpha value is -4.45. The first-order chi connectivity index (χ1) is 17.4. The van der Waals surface area contributed by atoms with Gasteiger partial charge in [0.2, 0.25) is 0 Å². The summed E-state index contributed by atoms with van der Waals surface area (Å²) in [5.74, 6) is -0.0361. The molecule has 4 N–H and O–H groups in total. The minimum atomic E-state index is -1.62. The minimum absolute atomic E-state index is 0.0468. The van der Waals surface area contributed by atoms with E-state index >= 15 is 0 Å². The third kappa shape index (κ3) is 5.96. The number of amides is 1. The van der Waals surface area contributed by atoms with E-state index in [0.717, 1.165) is 5.56 Å². The number of rotatable bonds is 9. The standard InChI is InChI=1S/C28H25N3O5/c29-17-24-23-16-21(36-20-9-5-2-6-10-20)13-14-22(23)27(34)26(31-24)28(35)30-19(15-25(32)33)12-11-18-7-3-1-4-8-18/h1-10,13-14,16,19,25,32-34H,11-12,15H2,(H,30,35)/t19-/m1/s1. The van der Waals surface area contributed by atoms with Gasteiger partial charge in [0.15, 0.2) is 17.7 Å². The van der Waals surface area contributed by atoms with Gasteiger partial charge < -0.3 is 25.4 Å². The predicted octanol–water partition coefficient (Wildman–Crippen LogP) is 4.04. The zero-order valence-corrected chi connectivity index (χ0v) is 19.3. The van der Waals surface area contributed by atoms with E-state index in [1.54, 1.807) is 30.3 Å². The van der Waals surface area contributed by atoms with Crippen molar-refractivity contribution in [3.8, 4) is 23.3 Å². The second-order valence-corrected chi connectivity index (χ2v) is 8.30. The van der Waals surface area contributed by atoms with Gasteiger partial charge in [0.25, 0.3) is 5.91 Å². The third-order valence-corrected chi connectivity index (χ3v) is 5.70. The summed E-state index contributed by atoms with van der Waals surface area (Å²) in [7, 11) is 0. The van der Waals surface area contributed by atoms with Crippen LogP contribution in [0.4, 0.5) is 0 Å². The number of aromatic hydroxyl groups is 1. The number of pyridine rings is 1. The van der Waals surface area contributed by atoms with Gasteiger partial charge in [0.1, 0.15) is 23.3 Å². The first-order valence-corrected chi connectivity index (χ1v) is 11.4. The van der Waals surface area contributed by atoms with Crippen LogP contribution in [0.25, 0.3) is 10.8 Å². The summed E-state index contributed by atoms with van der Waals surface area (Å²) in [6.07, 6.45) is -0.684. The van der Waals surface area contributed by atoms with E-state index in [0.29, 0.717) is 29.7 Å². The molecular weight excluding hydrogens is 458 g/mol. The van der Waals surface area contributed by atoms with Gasteiger partial charge in [-0.05, 0) is 48.7 Å². The van der Waals surface area contributed by atoms with E-state index < -0.39 is 18.2 Å². The summed E-state index contributed by atoms with van der Waals surface area (Å²) >= 11 is 0. The van der Waals surface area contributed by atoms with Crippen LogP contribution < -0.4 is 10.1 Å². The number of aliphatic hydroxyl groups excluding tert-OH is 1. The summed E-state index contributed by atoms with van der Waals surface area (Å²) in [6.45, 7) is 0. The highest BCUT2D eigenvalue weighted by atomic mass is 16.5. The third-order valence-electron chi connectivity index (χ3n) is 5.70. The molecule has 4 aromatic rings. The normalized spacial score (nSPS) is 11.7. The van der Waals surface area contributed by atoms with Gasteiger partial charge in [-0.2, -0.15) is 5.26 Å². The van der Waals surface area contributed by atoms with Crippen molar-refractivity contribution in [2.45, 2.75) is 31.6 Å². The molecule has 0 aliphatic rings. The number of fused-ring (bicyclic) bond motifs is 1. The van der Waals surface area contributed by atoms with E-state index in [9.17, 15) is 25.4 Å². The number of carbonyl (C=O) groups is 1. The molecule has 1 amide bonds. The topological polar surface area (TPSA) is 136 Å². The average Bonchev–Trinajstić information content (AvgIpc) is 2.88. The number of aliphatic hydroxyl groups is 2. The van der Waals surface area contributed by atoms with Gasteiger partial charge in [-0.1, -0.05) is 48.5 Å². The van der Waals surface area contributed by atoms with E-state index in [1.807, 2.05) is 54.6 Å². The van der Waals surface area contributed by atoms with E-state index in [4.69, 9.17) is 4.74 Å². The molecule has 182 valence electrons. The number of aromatic nitrogens is 1. The summed E-state index contributed by atoms with van der Waals surface area (Å²) in [5.41, 5.74) is 0.679. The Morgan fingerprint density at radius 3 is 2.33 bits per heavy atom. The molecule has 3 aromatic carbocycles. The maximum Gasteiger partial charge on any atom is 0.274 e. The number of aryl methyl sites for hydroxylation is 1. The zero-order valence-electron chi connectivity index (χ0n) is 19.3. The number of nitriles is 1. The van der Waals surface area contributed by atoms with Crippen molar-refractivity contribution in [2.75, 3.05) is 0 Å².